The highest BCUT2D eigenvalue weighted by molar-refractivity contribution is 5.08. The van der Waals surface area contributed by atoms with E-state index in [-0.39, 0.29) is 5.41 Å². The summed E-state index contributed by atoms with van der Waals surface area (Å²) in [6.07, 6.45) is 12.2. The van der Waals surface area contributed by atoms with E-state index in [0.717, 1.165) is 52.2 Å². The summed E-state index contributed by atoms with van der Waals surface area (Å²) in [6.45, 7) is 13.8. The Labute approximate surface area is 190 Å². The molecule has 0 radical (unpaired) electrons. The Morgan fingerprint density at radius 2 is 1.90 bits per heavy atom. The van der Waals surface area contributed by atoms with Gasteiger partial charge < -0.3 is 14.6 Å². The second-order valence-corrected chi connectivity index (χ2v) is 11.7. The lowest BCUT2D eigenvalue weighted by Gasteiger charge is -2.55. The van der Waals surface area contributed by atoms with Gasteiger partial charge in [0, 0.05) is 26.2 Å². The second kappa shape index (κ2) is 9.97. The first kappa shape index (κ1) is 23.9. The summed E-state index contributed by atoms with van der Waals surface area (Å²) < 4.78 is 11.7. The van der Waals surface area contributed by atoms with Gasteiger partial charge in [0.2, 0.25) is 0 Å². The van der Waals surface area contributed by atoms with Crippen molar-refractivity contribution in [3.8, 4) is 0 Å². The van der Waals surface area contributed by atoms with E-state index in [4.69, 9.17) is 9.47 Å². The van der Waals surface area contributed by atoms with Crippen molar-refractivity contribution in [1.29, 1.82) is 0 Å². The molecule has 0 amide bonds. The molecule has 180 valence electrons. The van der Waals surface area contributed by atoms with E-state index in [0.29, 0.717) is 30.1 Å². The summed E-state index contributed by atoms with van der Waals surface area (Å²) in [7, 11) is 0. The summed E-state index contributed by atoms with van der Waals surface area (Å²) in [5.74, 6) is 1.38. The highest BCUT2D eigenvalue weighted by Gasteiger charge is 2.57. The average Bonchev–Trinajstić information content (AvgIpc) is 3.09. The maximum absolute atomic E-state index is 11.5. The van der Waals surface area contributed by atoms with Crippen LogP contribution in [0.1, 0.15) is 85.0 Å². The molecule has 0 unspecified atom stereocenters. The van der Waals surface area contributed by atoms with Gasteiger partial charge in [-0.2, -0.15) is 0 Å². The molecule has 0 aromatic carbocycles. The van der Waals surface area contributed by atoms with E-state index in [2.05, 4.69) is 31.0 Å². The predicted octanol–water partition coefficient (Wildman–Crippen LogP) is 4.19. The quantitative estimate of drug-likeness (QED) is 0.441. The standard InChI is InChI=1S/C26H48N2O3/c1-4-21-18-23(31-20-27-12-13-28-14-16-30-17-15-28)7-11-25(21,3)22-6-10-24(2)8-5-9-26(24,29)19-22/h21-23,27,29H,4-20H2,1-3H3/t21-,22+,23+,24+,25+,26+/m1/s1. The molecule has 3 aliphatic carbocycles. The number of hydrogen-bond acceptors (Lipinski definition) is 5. The average molecular weight is 437 g/mol. The van der Waals surface area contributed by atoms with Gasteiger partial charge in [-0.25, -0.2) is 0 Å². The SMILES string of the molecule is CC[C@@H]1C[C@@H](OCNCCN2CCOCC2)CC[C@]1(C)[C@H]1CC[C@]2(C)CCC[C@]2(O)C1. The van der Waals surface area contributed by atoms with Gasteiger partial charge in [-0.05, 0) is 80.5 Å². The number of fused-ring (bicyclic) bond motifs is 1. The van der Waals surface area contributed by atoms with Crippen molar-refractivity contribution in [2.75, 3.05) is 46.1 Å². The number of nitrogens with zero attached hydrogens (tertiary/aromatic N) is 1. The summed E-state index contributed by atoms with van der Waals surface area (Å²) in [4.78, 5) is 2.46. The predicted molar refractivity (Wildman–Crippen MR) is 125 cm³/mol. The minimum atomic E-state index is -0.408. The first-order chi connectivity index (χ1) is 14.9. The van der Waals surface area contributed by atoms with Crippen LogP contribution in [0.15, 0.2) is 0 Å². The fourth-order valence-electron chi connectivity index (χ4n) is 7.59. The van der Waals surface area contributed by atoms with E-state index < -0.39 is 5.60 Å². The molecule has 1 heterocycles. The van der Waals surface area contributed by atoms with Crippen molar-refractivity contribution < 1.29 is 14.6 Å². The number of aliphatic hydroxyl groups is 1. The second-order valence-electron chi connectivity index (χ2n) is 11.7. The van der Waals surface area contributed by atoms with Crippen LogP contribution in [0, 0.1) is 22.7 Å². The van der Waals surface area contributed by atoms with E-state index in [1.165, 1.54) is 51.4 Å². The van der Waals surface area contributed by atoms with Gasteiger partial charge in [0.25, 0.3) is 0 Å². The molecule has 1 saturated heterocycles. The Morgan fingerprint density at radius 1 is 1.10 bits per heavy atom. The Hall–Kier alpha value is -0.200. The third kappa shape index (κ3) is 5.01. The third-order valence-electron chi connectivity index (χ3n) is 10.1. The fraction of sp³-hybridized carbons (Fsp3) is 1.00. The van der Waals surface area contributed by atoms with Gasteiger partial charge in [-0.15, -0.1) is 0 Å². The van der Waals surface area contributed by atoms with Crippen LogP contribution in [-0.2, 0) is 9.47 Å². The summed E-state index contributed by atoms with van der Waals surface area (Å²) >= 11 is 0. The van der Waals surface area contributed by atoms with Crippen LogP contribution >= 0.6 is 0 Å². The minimum absolute atomic E-state index is 0.175. The Kier molecular flexibility index (Phi) is 7.70. The van der Waals surface area contributed by atoms with Gasteiger partial charge >= 0.3 is 0 Å². The lowest BCUT2D eigenvalue weighted by Crippen LogP contribution is -2.52. The highest BCUT2D eigenvalue weighted by atomic mass is 16.5. The van der Waals surface area contributed by atoms with Gasteiger partial charge in [-0.1, -0.05) is 27.2 Å². The summed E-state index contributed by atoms with van der Waals surface area (Å²) in [5.41, 5.74) is 0.127. The van der Waals surface area contributed by atoms with Crippen LogP contribution in [0.4, 0.5) is 0 Å². The molecule has 2 N–H and O–H groups in total. The lowest BCUT2D eigenvalue weighted by atomic mass is 9.52. The van der Waals surface area contributed by atoms with Crippen molar-refractivity contribution in [2.24, 2.45) is 22.7 Å². The van der Waals surface area contributed by atoms with Crippen LogP contribution in [0.25, 0.3) is 0 Å². The molecule has 0 aromatic heterocycles. The zero-order chi connectivity index (χ0) is 22.0. The lowest BCUT2D eigenvalue weighted by molar-refractivity contribution is -0.139. The number of nitrogens with one attached hydrogen (secondary N) is 1. The Bertz CT molecular complexity index is 583. The number of ether oxygens (including phenoxy) is 2. The van der Waals surface area contributed by atoms with Crippen LogP contribution < -0.4 is 5.32 Å². The van der Waals surface area contributed by atoms with Gasteiger partial charge in [0.05, 0.1) is 31.6 Å². The first-order valence-electron chi connectivity index (χ1n) is 13.2. The topological polar surface area (TPSA) is 54.0 Å². The van der Waals surface area contributed by atoms with E-state index >= 15 is 0 Å². The molecular formula is C26H48N2O3. The van der Waals surface area contributed by atoms with Crippen LogP contribution in [0.3, 0.4) is 0 Å². The molecule has 5 nitrogen and oxygen atoms in total. The molecular weight excluding hydrogens is 388 g/mol. The largest absolute Gasteiger partial charge is 0.389 e. The number of morpholine rings is 1. The zero-order valence-electron chi connectivity index (χ0n) is 20.5. The van der Waals surface area contributed by atoms with Gasteiger partial charge in [0.15, 0.2) is 0 Å². The maximum atomic E-state index is 11.5. The fourth-order valence-corrected chi connectivity index (χ4v) is 7.59. The molecule has 31 heavy (non-hydrogen) atoms. The Balaban J connectivity index is 1.23. The van der Waals surface area contributed by atoms with Gasteiger partial charge in [0.1, 0.15) is 0 Å². The number of hydrogen-bond donors (Lipinski definition) is 2. The van der Waals surface area contributed by atoms with Crippen LogP contribution in [-0.4, -0.2) is 67.8 Å². The molecule has 0 bridgehead atoms. The van der Waals surface area contributed by atoms with E-state index in [9.17, 15) is 5.11 Å². The smallest absolute Gasteiger partial charge is 0.0969 e. The van der Waals surface area contributed by atoms with Crippen LogP contribution in [0.5, 0.6) is 0 Å². The molecule has 5 heteroatoms. The zero-order valence-corrected chi connectivity index (χ0v) is 20.5. The molecule has 6 atom stereocenters. The van der Waals surface area contributed by atoms with Crippen molar-refractivity contribution in [2.45, 2.75) is 96.7 Å². The molecule has 4 aliphatic rings. The number of rotatable bonds is 8. The molecule has 3 saturated carbocycles. The monoisotopic (exact) mass is 436 g/mol. The Morgan fingerprint density at radius 3 is 2.68 bits per heavy atom. The summed E-state index contributed by atoms with van der Waals surface area (Å²) in [5, 5.41) is 15.0. The summed E-state index contributed by atoms with van der Waals surface area (Å²) in [6, 6.07) is 0. The molecule has 0 aromatic rings. The van der Waals surface area contributed by atoms with E-state index in [1.807, 2.05) is 0 Å². The van der Waals surface area contributed by atoms with Crippen molar-refractivity contribution in [1.82, 2.24) is 10.2 Å². The van der Waals surface area contributed by atoms with Crippen molar-refractivity contribution in [3.63, 3.8) is 0 Å². The van der Waals surface area contributed by atoms with E-state index in [1.54, 1.807) is 0 Å². The normalized spacial score (nSPS) is 44.3. The molecule has 1 aliphatic heterocycles. The first-order valence-corrected chi connectivity index (χ1v) is 13.2. The van der Waals surface area contributed by atoms with Crippen molar-refractivity contribution >= 4 is 0 Å². The minimum Gasteiger partial charge on any atom is -0.389 e. The molecule has 4 rings (SSSR count). The van der Waals surface area contributed by atoms with Crippen LogP contribution in [0.2, 0.25) is 0 Å². The highest BCUT2D eigenvalue weighted by Crippen LogP contribution is 2.61. The van der Waals surface area contributed by atoms with Crippen molar-refractivity contribution in [3.05, 3.63) is 0 Å². The molecule has 0 spiro atoms. The maximum Gasteiger partial charge on any atom is 0.0969 e. The third-order valence-corrected chi connectivity index (χ3v) is 10.1. The van der Waals surface area contributed by atoms with Gasteiger partial charge in [-0.3, -0.25) is 10.2 Å². The molecule has 4 fully saturated rings.